The SMILES string of the molecule is Brc1ccc(COCC2CCCC2)s1. The van der Waals surface area contributed by atoms with Gasteiger partial charge in [0, 0.05) is 11.5 Å². The minimum Gasteiger partial charge on any atom is -0.376 e. The van der Waals surface area contributed by atoms with Crippen LogP contribution < -0.4 is 0 Å². The summed E-state index contributed by atoms with van der Waals surface area (Å²) in [6.45, 7) is 1.74. The molecule has 1 aromatic heterocycles. The molecular weight excluding hydrogens is 260 g/mol. The van der Waals surface area contributed by atoms with Gasteiger partial charge >= 0.3 is 0 Å². The van der Waals surface area contributed by atoms with E-state index in [1.54, 1.807) is 11.3 Å². The van der Waals surface area contributed by atoms with Crippen molar-refractivity contribution < 1.29 is 4.74 Å². The Morgan fingerprint density at radius 3 is 2.79 bits per heavy atom. The van der Waals surface area contributed by atoms with Crippen molar-refractivity contribution in [1.82, 2.24) is 0 Å². The van der Waals surface area contributed by atoms with Crippen LogP contribution in [0.5, 0.6) is 0 Å². The molecule has 0 spiro atoms. The number of hydrogen-bond acceptors (Lipinski definition) is 2. The van der Waals surface area contributed by atoms with Crippen molar-refractivity contribution in [3.05, 3.63) is 20.8 Å². The first-order chi connectivity index (χ1) is 6.84. The molecule has 1 aromatic rings. The number of rotatable bonds is 4. The summed E-state index contributed by atoms with van der Waals surface area (Å²) in [5.41, 5.74) is 0. The fourth-order valence-corrected chi connectivity index (χ4v) is 3.35. The third-order valence-corrected chi connectivity index (χ3v) is 4.30. The van der Waals surface area contributed by atoms with Crippen LogP contribution in [-0.4, -0.2) is 6.61 Å². The van der Waals surface area contributed by atoms with Crippen LogP contribution in [-0.2, 0) is 11.3 Å². The van der Waals surface area contributed by atoms with Gasteiger partial charge in [0.25, 0.3) is 0 Å². The number of thiophene rings is 1. The second-order valence-corrected chi connectivity index (χ2v) is 6.42. The van der Waals surface area contributed by atoms with Gasteiger partial charge in [0.2, 0.25) is 0 Å². The summed E-state index contributed by atoms with van der Waals surface area (Å²) >= 11 is 5.22. The van der Waals surface area contributed by atoms with E-state index >= 15 is 0 Å². The molecule has 3 heteroatoms. The maximum atomic E-state index is 5.71. The zero-order valence-electron chi connectivity index (χ0n) is 8.17. The van der Waals surface area contributed by atoms with Crippen molar-refractivity contribution in [3.8, 4) is 0 Å². The van der Waals surface area contributed by atoms with Gasteiger partial charge in [0.05, 0.1) is 10.4 Å². The molecule has 0 N–H and O–H groups in total. The van der Waals surface area contributed by atoms with Crippen LogP contribution in [0.2, 0.25) is 0 Å². The van der Waals surface area contributed by atoms with E-state index < -0.39 is 0 Å². The van der Waals surface area contributed by atoms with Crippen molar-refractivity contribution in [2.75, 3.05) is 6.61 Å². The van der Waals surface area contributed by atoms with Gasteiger partial charge in [-0.25, -0.2) is 0 Å². The fourth-order valence-electron chi connectivity index (χ4n) is 1.93. The molecule has 0 unspecified atom stereocenters. The second-order valence-electron chi connectivity index (χ2n) is 3.87. The summed E-state index contributed by atoms with van der Waals surface area (Å²) in [7, 11) is 0. The molecule has 78 valence electrons. The molecular formula is C11H15BrOS. The lowest BCUT2D eigenvalue weighted by atomic mass is 10.1. The Labute approximate surface area is 97.6 Å². The Morgan fingerprint density at radius 1 is 1.36 bits per heavy atom. The maximum absolute atomic E-state index is 5.71. The van der Waals surface area contributed by atoms with E-state index in [9.17, 15) is 0 Å². The summed E-state index contributed by atoms with van der Waals surface area (Å²) in [6, 6.07) is 4.21. The van der Waals surface area contributed by atoms with E-state index in [2.05, 4.69) is 28.1 Å². The van der Waals surface area contributed by atoms with E-state index in [-0.39, 0.29) is 0 Å². The predicted octanol–water partition coefficient (Wildman–Crippen LogP) is 4.22. The summed E-state index contributed by atoms with van der Waals surface area (Å²) < 4.78 is 6.90. The lowest BCUT2D eigenvalue weighted by molar-refractivity contribution is 0.0906. The van der Waals surface area contributed by atoms with Gasteiger partial charge < -0.3 is 4.74 Å². The highest BCUT2D eigenvalue weighted by atomic mass is 79.9. The van der Waals surface area contributed by atoms with Crippen molar-refractivity contribution in [2.24, 2.45) is 5.92 Å². The largest absolute Gasteiger partial charge is 0.376 e. The molecule has 1 fully saturated rings. The topological polar surface area (TPSA) is 9.23 Å². The van der Waals surface area contributed by atoms with Crippen molar-refractivity contribution in [2.45, 2.75) is 32.3 Å². The molecule has 1 aliphatic rings. The molecule has 0 amide bonds. The molecule has 0 radical (unpaired) electrons. The molecule has 0 saturated heterocycles. The third kappa shape index (κ3) is 3.07. The van der Waals surface area contributed by atoms with Crippen LogP contribution in [0, 0.1) is 5.92 Å². The average molecular weight is 275 g/mol. The van der Waals surface area contributed by atoms with Gasteiger partial charge in [-0.2, -0.15) is 0 Å². The summed E-state index contributed by atoms with van der Waals surface area (Å²) in [6.07, 6.45) is 5.54. The van der Waals surface area contributed by atoms with E-state index in [0.29, 0.717) is 0 Å². The minimum absolute atomic E-state index is 0.784. The molecule has 0 aromatic carbocycles. The van der Waals surface area contributed by atoms with Crippen molar-refractivity contribution >= 4 is 27.3 Å². The highest BCUT2D eigenvalue weighted by Crippen LogP contribution is 2.26. The van der Waals surface area contributed by atoms with Crippen LogP contribution in [0.1, 0.15) is 30.6 Å². The minimum atomic E-state index is 0.784. The van der Waals surface area contributed by atoms with Crippen molar-refractivity contribution in [1.29, 1.82) is 0 Å². The lowest BCUT2D eigenvalue weighted by Crippen LogP contribution is -2.04. The first kappa shape index (κ1) is 10.7. The zero-order chi connectivity index (χ0) is 9.80. The Bertz CT molecular complexity index is 279. The fraction of sp³-hybridized carbons (Fsp3) is 0.636. The van der Waals surface area contributed by atoms with E-state index in [1.165, 1.54) is 34.3 Å². The quantitative estimate of drug-likeness (QED) is 0.799. The Morgan fingerprint density at radius 2 is 2.14 bits per heavy atom. The van der Waals surface area contributed by atoms with Crippen LogP contribution in [0.25, 0.3) is 0 Å². The highest BCUT2D eigenvalue weighted by molar-refractivity contribution is 9.11. The van der Waals surface area contributed by atoms with Gasteiger partial charge in [0.15, 0.2) is 0 Å². The average Bonchev–Trinajstić information content (AvgIpc) is 2.77. The van der Waals surface area contributed by atoms with E-state index in [4.69, 9.17) is 4.74 Å². The predicted molar refractivity (Wildman–Crippen MR) is 63.6 cm³/mol. The van der Waals surface area contributed by atoms with E-state index in [1.807, 2.05) is 0 Å². The van der Waals surface area contributed by atoms with Gasteiger partial charge in [0.1, 0.15) is 0 Å². The summed E-state index contributed by atoms with van der Waals surface area (Å²) in [5.74, 6) is 0.832. The highest BCUT2D eigenvalue weighted by Gasteiger charge is 2.14. The van der Waals surface area contributed by atoms with E-state index in [0.717, 1.165) is 19.1 Å². The monoisotopic (exact) mass is 274 g/mol. The Kier molecular flexibility index (Phi) is 4.02. The first-order valence-electron chi connectivity index (χ1n) is 5.16. The molecule has 1 nitrogen and oxygen atoms in total. The second kappa shape index (κ2) is 5.29. The molecule has 2 rings (SSSR count). The molecule has 1 saturated carbocycles. The molecule has 14 heavy (non-hydrogen) atoms. The molecule has 0 atom stereocenters. The Balaban J connectivity index is 1.67. The number of hydrogen-bond donors (Lipinski definition) is 0. The summed E-state index contributed by atoms with van der Waals surface area (Å²) in [4.78, 5) is 1.31. The molecule has 1 heterocycles. The normalized spacial score (nSPS) is 17.8. The van der Waals surface area contributed by atoms with Gasteiger partial charge in [-0.05, 0) is 46.8 Å². The molecule has 1 aliphatic carbocycles. The smallest absolute Gasteiger partial charge is 0.0809 e. The van der Waals surface area contributed by atoms with Gasteiger partial charge in [-0.3, -0.25) is 0 Å². The van der Waals surface area contributed by atoms with Crippen LogP contribution >= 0.6 is 27.3 Å². The van der Waals surface area contributed by atoms with Crippen LogP contribution in [0.15, 0.2) is 15.9 Å². The third-order valence-electron chi connectivity index (χ3n) is 2.70. The van der Waals surface area contributed by atoms with Gasteiger partial charge in [-0.15, -0.1) is 11.3 Å². The van der Waals surface area contributed by atoms with Crippen LogP contribution in [0.3, 0.4) is 0 Å². The molecule has 0 bridgehead atoms. The first-order valence-corrected chi connectivity index (χ1v) is 6.77. The summed E-state index contributed by atoms with van der Waals surface area (Å²) in [5, 5.41) is 0. The lowest BCUT2D eigenvalue weighted by Gasteiger charge is -2.08. The standard InChI is InChI=1S/C11H15BrOS/c12-11-6-5-10(14-11)8-13-7-9-3-1-2-4-9/h5-6,9H,1-4,7-8H2. The maximum Gasteiger partial charge on any atom is 0.0809 e. The van der Waals surface area contributed by atoms with Gasteiger partial charge in [-0.1, -0.05) is 12.8 Å². The number of halogens is 1. The van der Waals surface area contributed by atoms with Crippen LogP contribution in [0.4, 0.5) is 0 Å². The number of ether oxygens (including phenoxy) is 1. The zero-order valence-corrected chi connectivity index (χ0v) is 10.6. The Hall–Kier alpha value is 0.140. The van der Waals surface area contributed by atoms with Crippen molar-refractivity contribution in [3.63, 3.8) is 0 Å². The molecule has 0 aliphatic heterocycles.